The van der Waals surface area contributed by atoms with Crippen molar-refractivity contribution in [3.63, 3.8) is 0 Å². The second-order valence-corrected chi connectivity index (χ2v) is 8.30. The Morgan fingerprint density at radius 3 is 2.56 bits per heavy atom. The fourth-order valence-corrected chi connectivity index (χ4v) is 4.37. The maximum atomic E-state index is 12.8. The van der Waals surface area contributed by atoms with E-state index in [2.05, 4.69) is 28.3 Å². The van der Waals surface area contributed by atoms with Crippen molar-refractivity contribution in [1.29, 1.82) is 5.41 Å². The smallest absolute Gasteiger partial charge is 0.254 e. The summed E-state index contributed by atoms with van der Waals surface area (Å²) >= 11 is 0. The van der Waals surface area contributed by atoms with Crippen LogP contribution in [0.25, 0.3) is 11.3 Å². The van der Waals surface area contributed by atoms with E-state index >= 15 is 0 Å². The van der Waals surface area contributed by atoms with Crippen molar-refractivity contribution in [2.45, 2.75) is 26.4 Å². The number of benzene rings is 2. The maximum Gasteiger partial charge on any atom is 0.254 e. The molecule has 0 bridgehead atoms. The average molecular weight is 458 g/mol. The Kier molecular flexibility index (Phi) is 6.93. The van der Waals surface area contributed by atoms with Gasteiger partial charge < -0.3 is 25.3 Å². The fourth-order valence-electron chi connectivity index (χ4n) is 4.37. The van der Waals surface area contributed by atoms with Crippen LogP contribution in [-0.4, -0.2) is 60.1 Å². The SMILES string of the molecule is CC.CNc1cc(Oc2ccnc(-c3ccc4c(c3)CN(C3CN(C)C3)C4=O)c2)ccc1C=N. The largest absolute Gasteiger partial charge is 0.457 e. The lowest BCUT2D eigenvalue weighted by Crippen LogP contribution is -2.57. The molecule has 2 aromatic carbocycles. The lowest BCUT2D eigenvalue weighted by Gasteiger charge is -2.41. The molecule has 3 aromatic rings. The van der Waals surface area contributed by atoms with Crippen LogP contribution < -0.4 is 10.1 Å². The Balaban J connectivity index is 0.00000133. The zero-order valence-electron chi connectivity index (χ0n) is 20.1. The van der Waals surface area contributed by atoms with Crippen LogP contribution in [-0.2, 0) is 6.54 Å². The Morgan fingerprint density at radius 2 is 1.85 bits per heavy atom. The van der Waals surface area contributed by atoms with Crippen molar-refractivity contribution in [3.8, 4) is 22.8 Å². The molecule has 34 heavy (non-hydrogen) atoms. The number of anilines is 1. The average Bonchev–Trinajstić information content (AvgIpc) is 3.18. The van der Waals surface area contributed by atoms with Crippen LogP contribution in [0.3, 0.4) is 0 Å². The van der Waals surface area contributed by atoms with Gasteiger partial charge in [-0.05, 0) is 42.9 Å². The molecule has 2 aliphatic rings. The Hall–Kier alpha value is -3.71. The van der Waals surface area contributed by atoms with Crippen LogP contribution in [0, 0.1) is 5.41 Å². The summed E-state index contributed by atoms with van der Waals surface area (Å²) in [6, 6.07) is 15.5. The van der Waals surface area contributed by atoms with E-state index in [9.17, 15) is 4.79 Å². The minimum absolute atomic E-state index is 0.128. The molecule has 0 saturated carbocycles. The number of hydrogen-bond acceptors (Lipinski definition) is 6. The van der Waals surface area contributed by atoms with E-state index in [1.165, 1.54) is 6.21 Å². The quantitative estimate of drug-likeness (QED) is 0.516. The first-order chi connectivity index (χ1) is 16.6. The molecule has 0 spiro atoms. The van der Waals surface area contributed by atoms with E-state index in [4.69, 9.17) is 10.1 Å². The van der Waals surface area contributed by atoms with Crippen molar-refractivity contribution in [3.05, 3.63) is 71.4 Å². The lowest BCUT2D eigenvalue weighted by molar-refractivity contribution is 0.0386. The first-order valence-corrected chi connectivity index (χ1v) is 11.6. The number of aromatic nitrogens is 1. The third-order valence-corrected chi connectivity index (χ3v) is 6.14. The number of fused-ring (bicyclic) bond motifs is 1. The molecule has 0 aliphatic carbocycles. The number of nitrogens with one attached hydrogen (secondary N) is 2. The summed E-state index contributed by atoms with van der Waals surface area (Å²) in [5.74, 6) is 1.48. The number of likely N-dealkylation sites (N-methyl/N-ethyl adjacent to an activating group) is 1. The highest BCUT2D eigenvalue weighted by Crippen LogP contribution is 2.32. The number of amides is 1. The van der Waals surface area contributed by atoms with Gasteiger partial charge in [0, 0.05) is 73.6 Å². The maximum absolute atomic E-state index is 12.8. The van der Waals surface area contributed by atoms with Crippen molar-refractivity contribution >= 4 is 17.8 Å². The van der Waals surface area contributed by atoms with Crippen LogP contribution in [0.4, 0.5) is 5.69 Å². The van der Waals surface area contributed by atoms with Gasteiger partial charge in [-0.3, -0.25) is 9.78 Å². The van der Waals surface area contributed by atoms with Crippen LogP contribution >= 0.6 is 0 Å². The highest BCUT2D eigenvalue weighted by Gasteiger charge is 2.37. The van der Waals surface area contributed by atoms with Gasteiger partial charge in [-0.15, -0.1) is 0 Å². The number of carbonyl (C=O) groups is 1. The van der Waals surface area contributed by atoms with E-state index in [0.29, 0.717) is 24.1 Å². The zero-order valence-corrected chi connectivity index (χ0v) is 20.1. The summed E-state index contributed by atoms with van der Waals surface area (Å²) in [7, 11) is 3.89. The zero-order chi connectivity index (χ0) is 24.2. The van der Waals surface area contributed by atoms with E-state index in [1.54, 1.807) is 6.20 Å². The highest BCUT2D eigenvalue weighted by molar-refractivity contribution is 5.99. The number of rotatable bonds is 6. The van der Waals surface area contributed by atoms with E-state index in [1.807, 2.05) is 68.3 Å². The number of hydrogen-bond donors (Lipinski definition) is 2. The number of likely N-dealkylation sites (tertiary alicyclic amines) is 1. The minimum atomic E-state index is 0.128. The minimum Gasteiger partial charge on any atom is -0.457 e. The van der Waals surface area contributed by atoms with Gasteiger partial charge in [-0.2, -0.15) is 0 Å². The predicted octanol–water partition coefficient (Wildman–Crippen LogP) is 4.88. The van der Waals surface area contributed by atoms with Crippen molar-refractivity contribution in [1.82, 2.24) is 14.8 Å². The molecule has 3 heterocycles. The summed E-state index contributed by atoms with van der Waals surface area (Å²) in [5, 5.41) is 10.6. The molecule has 2 aliphatic heterocycles. The number of carbonyl (C=O) groups excluding carboxylic acids is 1. The molecule has 1 aromatic heterocycles. The molecular formula is C27H31N5O2. The molecule has 0 unspecified atom stereocenters. The number of nitrogens with zero attached hydrogens (tertiary/aromatic N) is 3. The monoisotopic (exact) mass is 457 g/mol. The van der Waals surface area contributed by atoms with E-state index < -0.39 is 0 Å². The molecule has 1 fully saturated rings. The van der Waals surface area contributed by atoms with Crippen LogP contribution in [0.15, 0.2) is 54.7 Å². The second kappa shape index (κ2) is 10.1. The number of pyridine rings is 1. The molecule has 176 valence electrons. The van der Waals surface area contributed by atoms with Crippen molar-refractivity contribution < 1.29 is 9.53 Å². The van der Waals surface area contributed by atoms with Gasteiger partial charge in [0.05, 0.1) is 11.7 Å². The molecular weight excluding hydrogens is 426 g/mol. The molecule has 1 amide bonds. The van der Waals surface area contributed by atoms with Gasteiger partial charge in [0.25, 0.3) is 5.91 Å². The van der Waals surface area contributed by atoms with Gasteiger partial charge >= 0.3 is 0 Å². The van der Waals surface area contributed by atoms with Crippen LogP contribution in [0.2, 0.25) is 0 Å². The van der Waals surface area contributed by atoms with E-state index in [0.717, 1.165) is 46.7 Å². The van der Waals surface area contributed by atoms with Crippen molar-refractivity contribution in [2.24, 2.45) is 0 Å². The molecule has 0 radical (unpaired) electrons. The van der Waals surface area contributed by atoms with Gasteiger partial charge in [0.1, 0.15) is 11.5 Å². The topological polar surface area (TPSA) is 81.6 Å². The van der Waals surface area contributed by atoms with E-state index in [-0.39, 0.29) is 5.91 Å². The van der Waals surface area contributed by atoms with Crippen LogP contribution in [0.5, 0.6) is 11.5 Å². The molecule has 2 N–H and O–H groups in total. The van der Waals surface area contributed by atoms with Gasteiger partial charge in [-0.25, -0.2) is 0 Å². The summed E-state index contributed by atoms with van der Waals surface area (Å²) in [5.41, 5.74) is 5.23. The highest BCUT2D eigenvalue weighted by atomic mass is 16.5. The first kappa shape index (κ1) is 23.4. The third kappa shape index (κ3) is 4.52. The Morgan fingerprint density at radius 1 is 1.09 bits per heavy atom. The first-order valence-electron chi connectivity index (χ1n) is 11.6. The second-order valence-electron chi connectivity index (χ2n) is 8.30. The standard InChI is InChI=1S/C25H25N5O2.C2H6/c1-27-23-10-20(5-3-17(23)12-26)32-21-7-8-28-24(11-21)16-4-6-22-18(9-16)13-30(25(22)31)19-14-29(2)15-19;1-2/h3-12,19,26-27H,13-15H2,1-2H3;1-2H3. The van der Waals surface area contributed by atoms with Crippen molar-refractivity contribution in [2.75, 3.05) is 32.5 Å². The molecule has 0 atom stereocenters. The van der Waals surface area contributed by atoms with Gasteiger partial charge in [0.2, 0.25) is 0 Å². The Bertz CT molecular complexity index is 1200. The summed E-state index contributed by atoms with van der Waals surface area (Å²) in [4.78, 5) is 21.5. The molecule has 1 saturated heterocycles. The molecule has 5 rings (SSSR count). The molecule has 7 heteroatoms. The fraction of sp³-hybridized carbons (Fsp3) is 0.296. The summed E-state index contributed by atoms with van der Waals surface area (Å²) < 4.78 is 6.05. The lowest BCUT2D eigenvalue weighted by atomic mass is 10.0. The normalized spacial score (nSPS) is 15.2. The summed E-state index contributed by atoms with van der Waals surface area (Å²) in [6.07, 6.45) is 3.04. The molecule has 7 nitrogen and oxygen atoms in total. The van der Waals surface area contributed by atoms with Crippen LogP contribution in [0.1, 0.15) is 35.3 Å². The predicted molar refractivity (Wildman–Crippen MR) is 136 cm³/mol. The van der Waals surface area contributed by atoms with Gasteiger partial charge in [-0.1, -0.05) is 19.9 Å². The number of ether oxygens (including phenoxy) is 1. The Labute approximate surface area is 200 Å². The third-order valence-electron chi connectivity index (χ3n) is 6.14. The van der Waals surface area contributed by atoms with Gasteiger partial charge in [0.15, 0.2) is 0 Å². The summed E-state index contributed by atoms with van der Waals surface area (Å²) in [6.45, 7) is 6.52.